The van der Waals surface area contributed by atoms with Gasteiger partial charge in [0.05, 0.1) is 34.0 Å². The van der Waals surface area contributed by atoms with Crippen LogP contribution >= 0.6 is 0 Å². The number of rotatable bonds is 24. The molecule has 10 rings (SSSR count). The van der Waals surface area contributed by atoms with E-state index in [0.717, 1.165) is 59.6 Å². The van der Waals surface area contributed by atoms with Crippen LogP contribution in [0.5, 0.6) is 46.0 Å². The van der Waals surface area contributed by atoms with Crippen LogP contribution in [0.15, 0.2) is 182 Å². The number of anilines is 2. The highest BCUT2D eigenvalue weighted by Gasteiger charge is 2.48. The highest BCUT2D eigenvalue weighted by atomic mass is 17.2. The van der Waals surface area contributed by atoms with E-state index < -0.39 is 5.97 Å². The number of aryl methyl sites for hydroxylation is 2. The molecule has 14 nitrogen and oxygen atoms in total. The summed E-state index contributed by atoms with van der Waals surface area (Å²) in [4.78, 5) is 48.9. The molecule has 2 N–H and O–H groups in total. The molecule has 0 saturated carbocycles. The Hall–Kier alpha value is -9.50. The second-order valence-electron chi connectivity index (χ2n) is 19.3. The topological polar surface area (TPSA) is 150 Å². The monoisotopic (exact) mass is 1090 g/mol. The van der Waals surface area contributed by atoms with Crippen LogP contribution in [0.4, 0.5) is 11.4 Å². The zero-order valence-corrected chi connectivity index (χ0v) is 45.5. The van der Waals surface area contributed by atoms with Crippen molar-refractivity contribution in [2.45, 2.75) is 44.1 Å². The Labute approximate surface area is 471 Å². The Kier molecular flexibility index (Phi) is 17.6. The second-order valence-corrected chi connectivity index (χ2v) is 19.3. The molecule has 0 radical (unpaired) electrons. The van der Waals surface area contributed by atoms with Crippen molar-refractivity contribution in [2.24, 2.45) is 0 Å². The van der Waals surface area contributed by atoms with Crippen molar-refractivity contribution in [2.75, 3.05) is 52.4 Å². The van der Waals surface area contributed by atoms with Gasteiger partial charge in [-0.2, -0.15) is 9.78 Å². The third kappa shape index (κ3) is 13.2. The number of ether oxygens (including phenoxy) is 6. The molecule has 1 spiro atoms. The van der Waals surface area contributed by atoms with Crippen LogP contribution in [-0.4, -0.2) is 53.7 Å². The van der Waals surface area contributed by atoms with E-state index in [1.807, 2.05) is 91.0 Å². The number of hydrogen-bond acceptors (Lipinski definition) is 13. The Balaban J connectivity index is 0.712. The standard InChI is InChI=1S/C67H62N2O12/c1-72-55-26-16-45(17-27-55)43-78-80-59-34-32-57(33-35-59)76-44-68-53-24-18-47(61(41-53)74-3)14-8-40-77-81-60-15-7-13-50-37-39-67(64(50)60)38-36-49-12-6-11-48(63(49)67)10-5-9-46-19-25-54(42-62(46)75-4)69-65(70)51-20-30-58(31-21-51)79-66(71)52-22-28-56(73-2)29-23-52/h5-9,11-35,41-42,68H,10,36-40,43-44H2,1-4H3,(H,69,70)/b9-5+,14-8-. The molecule has 1 atom stereocenters. The molecule has 8 aromatic carbocycles. The first-order valence-electron chi connectivity index (χ1n) is 26.6. The van der Waals surface area contributed by atoms with Crippen LogP contribution in [0.25, 0.3) is 12.2 Å². The molecule has 0 saturated heterocycles. The van der Waals surface area contributed by atoms with E-state index in [0.29, 0.717) is 64.3 Å². The maximum Gasteiger partial charge on any atom is 0.343 e. The summed E-state index contributed by atoms with van der Waals surface area (Å²) in [6, 6.07) is 52.2. The van der Waals surface area contributed by atoms with E-state index in [1.165, 1.54) is 27.8 Å². The molecule has 1 unspecified atom stereocenters. The number of fused-ring (bicyclic) bond motifs is 4. The summed E-state index contributed by atoms with van der Waals surface area (Å²) in [6.07, 6.45) is 12.7. The molecule has 412 valence electrons. The van der Waals surface area contributed by atoms with Crippen molar-refractivity contribution in [1.29, 1.82) is 0 Å². The lowest BCUT2D eigenvalue weighted by atomic mass is 9.74. The lowest BCUT2D eigenvalue weighted by Crippen LogP contribution is -2.24. The summed E-state index contributed by atoms with van der Waals surface area (Å²) in [6.45, 7) is 0.752. The van der Waals surface area contributed by atoms with Crippen LogP contribution in [0.1, 0.15) is 78.1 Å². The smallest absolute Gasteiger partial charge is 0.343 e. The minimum atomic E-state index is -0.513. The highest BCUT2D eigenvalue weighted by molar-refractivity contribution is 6.04. The number of carbonyl (C=O) groups is 2. The van der Waals surface area contributed by atoms with Gasteiger partial charge >= 0.3 is 5.97 Å². The van der Waals surface area contributed by atoms with Crippen LogP contribution in [0, 0.1) is 0 Å². The van der Waals surface area contributed by atoms with Gasteiger partial charge in [-0.15, -0.1) is 0 Å². The Bertz CT molecular complexity index is 3520. The molecule has 2 aliphatic carbocycles. The average molecular weight is 1090 g/mol. The van der Waals surface area contributed by atoms with Crippen molar-refractivity contribution in [3.05, 3.63) is 238 Å². The summed E-state index contributed by atoms with van der Waals surface area (Å²) in [5.74, 6) is 4.19. The Morgan fingerprint density at radius 1 is 0.531 bits per heavy atom. The van der Waals surface area contributed by atoms with Gasteiger partial charge < -0.3 is 48.8 Å². The highest BCUT2D eigenvalue weighted by Crippen LogP contribution is 2.56. The summed E-state index contributed by atoms with van der Waals surface area (Å²) >= 11 is 0. The molecule has 0 aromatic heterocycles. The first kappa shape index (κ1) is 54.8. The minimum absolute atomic E-state index is 0.202. The fourth-order valence-corrected chi connectivity index (χ4v) is 10.5. The van der Waals surface area contributed by atoms with Crippen molar-refractivity contribution in [3.63, 3.8) is 0 Å². The van der Waals surface area contributed by atoms with Crippen LogP contribution in [0.3, 0.4) is 0 Å². The first-order valence-corrected chi connectivity index (χ1v) is 26.6. The Morgan fingerprint density at radius 2 is 1.12 bits per heavy atom. The van der Waals surface area contributed by atoms with Gasteiger partial charge in [0.1, 0.15) is 47.7 Å². The van der Waals surface area contributed by atoms with Gasteiger partial charge in [0, 0.05) is 51.2 Å². The van der Waals surface area contributed by atoms with Gasteiger partial charge in [-0.3, -0.25) is 4.79 Å². The summed E-state index contributed by atoms with van der Waals surface area (Å²) in [7, 11) is 6.45. The number of nitrogens with one attached hydrogen (secondary N) is 2. The normalized spacial score (nSPS) is 14.1. The van der Waals surface area contributed by atoms with Gasteiger partial charge in [-0.05, 0) is 175 Å². The number of hydrogen-bond donors (Lipinski definition) is 2. The van der Waals surface area contributed by atoms with E-state index in [4.69, 9.17) is 48.0 Å². The molecular formula is C67H62N2O12. The fourth-order valence-electron chi connectivity index (χ4n) is 10.5. The maximum atomic E-state index is 13.3. The third-order valence-electron chi connectivity index (χ3n) is 14.5. The average Bonchev–Trinajstić information content (AvgIpc) is 3.72. The van der Waals surface area contributed by atoms with E-state index in [1.54, 1.807) is 95.2 Å². The predicted octanol–water partition coefficient (Wildman–Crippen LogP) is 13.6. The summed E-state index contributed by atoms with van der Waals surface area (Å²) in [5, 5.41) is 6.25. The molecule has 14 heteroatoms. The number of amides is 1. The van der Waals surface area contributed by atoms with Crippen molar-refractivity contribution < 1.29 is 57.6 Å². The molecule has 2 aliphatic rings. The molecule has 81 heavy (non-hydrogen) atoms. The van der Waals surface area contributed by atoms with Crippen molar-refractivity contribution >= 4 is 35.4 Å². The summed E-state index contributed by atoms with van der Waals surface area (Å²) in [5.41, 5.74) is 11.2. The molecular weight excluding hydrogens is 1020 g/mol. The lowest BCUT2D eigenvalue weighted by molar-refractivity contribution is -0.217. The predicted molar refractivity (Wildman–Crippen MR) is 311 cm³/mol. The molecule has 0 heterocycles. The first-order chi connectivity index (χ1) is 39.7. The number of allylic oxidation sites excluding steroid dienone is 1. The number of carbonyl (C=O) groups excluding carboxylic acids is 2. The van der Waals surface area contributed by atoms with Crippen molar-refractivity contribution in [1.82, 2.24) is 0 Å². The largest absolute Gasteiger partial charge is 0.497 e. The molecule has 8 aromatic rings. The van der Waals surface area contributed by atoms with E-state index >= 15 is 0 Å². The molecule has 0 aliphatic heterocycles. The van der Waals surface area contributed by atoms with E-state index in [2.05, 4.69) is 47.1 Å². The van der Waals surface area contributed by atoms with Gasteiger partial charge in [0.2, 0.25) is 0 Å². The lowest BCUT2D eigenvalue weighted by Gasteiger charge is -2.30. The fraction of sp³-hybridized carbons (Fsp3) is 0.194. The molecule has 0 bridgehead atoms. The van der Waals surface area contributed by atoms with Gasteiger partial charge in [0.15, 0.2) is 18.2 Å². The van der Waals surface area contributed by atoms with Gasteiger partial charge in [-0.1, -0.05) is 66.8 Å². The SMILES string of the molecule is COc1ccc(COOc2ccc(OCNc3ccc(/C=C\COOc4cccc5c4C4(CCc6cccc(C/C=C/c7ccc(NC(=O)c8ccc(OC(=O)c9ccc(OC)cc9)cc8)cc7OC)c64)CC5)c(OC)c3)cc2)cc1. The zero-order valence-electron chi connectivity index (χ0n) is 45.5. The second kappa shape index (κ2) is 26.0. The summed E-state index contributed by atoms with van der Waals surface area (Å²) < 4.78 is 33.3. The van der Waals surface area contributed by atoms with Crippen molar-refractivity contribution in [3.8, 4) is 46.0 Å². The molecule has 1 amide bonds. The van der Waals surface area contributed by atoms with Crippen LogP contribution in [-0.2, 0) is 41.1 Å². The number of benzene rings is 8. The Morgan fingerprint density at radius 3 is 1.81 bits per heavy atom. The maximum absolute atomic E-state index is 13.3. The van der Waals surface area contributed by atoms with Gasteiger partial charge in [-0.25, -0.2) is 4.79 Å². The van der Waals surface area contributed by atoms with E-state index in [-0.39, 0.29) is 24.7 Å². The zero-order chi connectivity index (χ0) is 56.0. The van der Waals surface area contributed by atoms with Crippen LogP contribution < -0.4 is 48.8 Å². The van der Waals surface area contributed by atoms with Crippen LogP contribution in [0.2, 0.25) is 0 Å². The third-order valence-corrected chi connectivity index (χ3v) is 14.5. The van der Waals surface area contributed by atoms with E-state index in [9.17, 15) is 9.59 Å². The minimum Gasteiger partial charge on any atom is -0.497 e. The number of methoxy groups -OCH3 is 4. The van der Waals surface area contributed by atoms with Gasteiger partial charge in [0.25, 0.3) is 5.91 Å². The molecule has 0 fully saturated rings. The number of esters is 1. The quantitative estimate of drug-likeness (QED) is 0.0148.